The summed E-state index contributed by atoms with van der Waals surface area (Å²) in [6.45, 7) is 5.44. The normalized spacial score (nSPS) is 10.3. The molecule has 0 bridgehead atoms. The highest BCUT2D eigenvalue weighted by molar-refractivity contribution is 7.12. The zero-order chi connectivity index (χ0) is 14.5. The summed E-state index contributed by atoms with van der Waals surface area (Å²) in [7, 11) is 2.03. The van der Waals surface area contributed by atoms with E-state index in [0.29, 0.717) is 6.54 Å². The van der Waals surface area contributed by atoms with E-state index in [1.165, 1.54) is 4.88 Å². The summed E-state index contributed by atoms with van der Waals surface area (Å²) in [5.74, 6) is 0.0216. The first-order valence-corrected chi connectivity index (χ1v) is 7.51. The fourth-order valence-corrected chi connectivity index (χ4v) is 3.02. The first-order chi connectivity index (χ1) is 9.58. The van der Waals surface area contributed by atoms with Crippen LogP contribution in [0.25, 0.3) is 0 Å². The van der Waals surface area contributed by atoms with Gasteiger partial charge >= 0.3 is 0 Å². The number of amides is 1. The molecule has 0 fully saturated rings. The van der Waals surface area contributed by atoms with Crippen molar-refractivity contribution in [2.45, 2.75) is 13.8 Å². The molecule has 20 heavy (non-hydrogen) atoms. The van der Waals surface area contributed by atoms with Crippen molar-refractivity contribution >= 4 is 22.9 Å². The number of hydrogen-bond acceptors (Lipinski definition) is 3. The lowest BCUT2D eigenvalue weighted by Gasteiger charge is -2.19. The molecule has 1 aromatic carbocycles. The van der Waals surface area contributed by atoms with Crippen LogP contribution in [0, 0.1) is 13.8 Å². The van der Waals surface area contributed by atoms with E-state index >= 15 is 0 Å². The van der Waals surface area contributed by atoms with E-state index in [9.17, 15) is 4.79 Å². The summed E-state index contributed by atoms with van der Waals surface area (Å²) in [5.41, 5.74) is 1.96. The maximum Gasteiger partial charge on any atom is 0.252 e. The minimum Gasteiger partial charge on any atom is -0.373 e. The van der Waals surface area contributed by atoms with Gasteiger partial charge < -0.3 is 10.2 Å². The van der Waals surface area contributed by atoms with Crippen molar-refractivity contribution in [2.75, 3.05) is 25.0 Å². The lowest BCUT2D eigenvalue weighted by Crippen LogP contribution is -2.33. The fraction of sp³-hybridized carbons (Fsp3) is 0.312. The number of para-hydroxylation sites is 1. The number of hydrogen-bond donors (Lipinski definition) is 1. The van der Waals surface area contributed by atoms with Crippen molar-refractivity contribution < 1.29 is 4.79 Å². The van der Waals surface area contributed by atoms with Crippen LogP contribution in [0.1, 0.15) is 20.1 Å². The number of likely N-dealkylation sites (N-methyl/N-ethyl adjacent to an activating group) is 1. The maximum absolute atomic E-state index is 12.1. The average molecular weight is 288 g/mol. The summed E-state index contributed by atoms with van der Waals surface area (Å²) in [6.07, 6.45) is 0. The predicted molar refractivity (Wildman–Crippen MR) is 85.8 cm³/mol. The largest absolute Gasteiger partial charge is 0.373 e. The van der Waals surface area contributed by atoms with Crippen molar-refractivity contribution in [2.24, 2.45) is 0 Å². The van der Waals surface area contributed by atoms with E-state index in [2.05, 4.69) is 22.3 Å². The molecule has 1 N–H and O–H groups in total. The van der Waals surface area contributed by atoms with E-state index in [0.717, 1.165) is 22.7 Å². The number of aryl methyl sites for hydroxylation is 2. The van der Waals surface area contributed by atoms with E-state index in [4.69, 9.17) is 0 Å². The summed E-state index contributed by atoms with van der Waals surface area (Å²) < 4.78 is 0. The third kappa shape index (κ3) is 3.61. The van der Waals surface area contributed by atoms with Gasteiger partial charge in [-0.25, -0.2) is 0 Å². The number of benzene rings is 1. The van der Waals surface area contributed by atoms with Crippen LogP contribution in [0.5, 0.6) is 0 Å². The molecule has 2 rings (SSSR count). The number of nitrogens with one attached hydrogen (secondary N) is 1. The summed E-state index contributed by atoms with van der Waals surface area (Å²) in [6, 6.07) is 12.1. The Labute approximate surface area is 124 Å². The van der Waals surface area contributed by atoms with Crippen LogP contribution in [0.4, 0.5) is 5.69 Å². The summed E-state index contributed by atoms with van der Waals surface area (Å²) in [4.78, 5) is 16.5. The van der Waals surface area contributed by atoms with E-state index in [1.54, 1.807) is 11.3 Å². The van der Waals surface area contributed by atoms with Crippen molar-refractivity contribution in [1.29, 1.82) is 0 Å². The number of nitrogens with zero attached hydrogens (tertiary/aromatic N) is 1. The topological polar surface area (TPSA) is 32.3 Å². The van der Waals surface area contributed by atoms with E-state index in [1.807, 2.05) is 45.2 Å². The number of carbonyl (C=O) groups excluding carboxylic acids is 1. The number of rotatable bonds is 5. The van der Waals surface area contributed by atoms with Gasteiger partial charge in [0.1, 0.15) is 0 Å². The Morgan fingerprint density at radius 1 is 1.25 bits per heavy atom. The fourth-order valence-electron chi connectivity index (χ4n) is 2.10. The molecule has 0 unspecified atom stereocenters. The van der Waals surface area contributed by atoms with Gasteiger partial charge in [0.05, 0.1) is 5.56 Å². The van der Waals surface area contributed by atoms with Crippen LogP contribution in [0.3, 0.4) is 0 Å². The van der Waals surface area contributed by atoms with Crippen LogP contribution in [0.2, 0.25) is 0 Å². The molecular formula is C16H20N2OS. The van der Waals surface area contributed by atoms with Gasteiger partial charge in [-0.05, 0) is 32.0 Å². The van der Waals surface area contributed by atoms with Crippen molar-refractivity contribution in [3.8, 4) is 0 Å². The molecule has 0 aliphatic heterocycles. The summed E-state index contributed by atoms with van der Waals surface area (Å²) in [5, 5.41) is 2.98. The average Bonchev–Trinajstić information content (AvgIpc) is 2.78. The Bertz CT molecular complexity index is 577. The van der Waals surface area contributed by atoms with E-state index < -0.39 is 0 Å². The van der Waals surface area contributed by atoms with Crippen LogP contribution in [-0.4, -0.2) is 26.0 Å². The Hall–Kier alpha value is -1.81. The molecule has 106 valence electrons. The lowest BCUT2D eigenvalue weighted by molar-refractivity contribution is 0.0954. The third-order valence-corrected chi connectivity index (χ3v) is 4.18. The minimum atomic E-state index is 0.0216. The first kappa shape index (κ1) is 14.6. The highest BCUT2D eigenvalue weighted by Crippen LogP contribution is 2.20. The van der Waals surface area contributed by atoms with Gasteiger partial charge in [-0.2, -0.15) is 0 Å². The van der Waals surface area contributed by atoms with Gasteiger partial charge in [-0.15, -0.1) is 11.3 Å². The Balaban J connectivity index is 1.84. The van der Waals surface area contributed by atoms with Crippen LogP contribution in [0.15, 0.2) is 36.4 Å². The van der Waals surface area contributed by atoms with Gasteiger partial charge in [0.15, 0.2) is 0 Å². The van der Waals surface area contributed by atoms with Crippen molar-refractivity contribution in [3.63, 3.8) is 0 Å². The number of thiophene rings is 1. The molecule has 2 aromatic rings. The highest BCUT2D eigenvalue weighted by Gasteiger charge is 2.11. The monoisotopic (exact) mass is 288 g/mol. The molecule has 0 atom stereocenters. The van der Waals surface area contributed by atoms with E-state index in [-0.39, 0.29) is 5.91 Å². The predicted octanol–water partition coefficient (Wildman–Crippen LogP) is 3.23. The second-order valence-electron chi connectivity index (χ2n) is 4.84. The maximum atomic E-state index is 12.1. The molecule has 4 heteroatoms. The zero-order valence-electron chi connectivity index (χ0n) is 12.1. The van der Waals surface area contributed by atoms with Gasteiger partial charge in [0.25, 0.3) is 5.91 Å². The van der Waals surface area contributed by atoms with Gasteiger partial charge in [-0.3, -0.25) is 4.79 Å². The molecule has 0 saturated carbocycles. The molecule has 0 aliphatic carbocycles. The molecular weight excluding hydrogens is 268 g/mol. The molecule has 1 amide bonds. The second kappa shape index (κ2) is 6.57. The quantitative estimate of drug-likeness (QED) is 0.916. The molecule has 1 aromatic heterocycles. The Morgan fingerprint density at radius 3 is 2.55 bits per heavy atom. The minimum absolute atomic E-state index is 0.0216. The molecule has 1 heterocycles. The van der Waals surface area contributed by atoms with Gasteiger partial charge in [-0.1, -0.05) is 18.2 Å². The van der Waals surface area contributed by atoms with Gasteiger partial charge in [0.2, 0.25) is 0 Å². The Kier molecular flexibility index (Phi) is 4.79. The summed E-state index contributed by atoms with van der Waals surface area (Å²) >= 11 is 1.66. The SMILES string of the molecule is Cc1cc(C(=O)NCCN(C)c2ccccc2)c(C)s1. The molecule has 0 spiro atoms. The second-order valence-corrected chi connectivity index (χ2v) is 6.30. The lowest BCUT2D eigenvalue weighted by atomic mass is 10.2. The smallest absolute Gasteiger partial charge is 0.252 e. The number of anilines is 1. The van der Waals surface area contributed by atoms with Crippen molar-refractivity contribution in [1.82, 2.24) is 5.32 Å². The molecule has 0 aliphatic rings. The number of carbonyl (C=O) groups is 1. The standard InChI is InChI=1S/C16H20N2OS/c1-12-11-15(13(2)20-12)16(19)17-9-10-18(3)14-7-5-4-6-8-14/h4-8,11H,9-10H2,1-3H3,(H,17,19). The Morgan fingerprint density at radius 2 is 1.95 bits per heavy atom. The van der Waals surface area contributed by atoms with Crippen LogP contribution < -0.4 is 10.2 Å². The zero-order valence-corrected chi connectivity index (χ0v) is 13.0. The van der Waals surface area contributed by atoms with Crippen molar-refractivity contribution in [3.05, 3.63) is 51.7 Å². The third-order valence-electron chi connectivity index (χ3n) is 3.22. The molecule has 3 nitrogen and oxygen atoms in total. The first-order valence-electron chi connectivity index (χ1n) is 6.69. The van der Waals surface area contributed by atoms with Crippen LogP contribution >= 0.6 is 11.3 Å². The molecule has 0 saturated heterocycles. The van der Waals surface area contributed by atoms with Crippen LogP contribution in [-0.2, 0) is 0 Å². The molecule has 0 radical (unpaired) electrons. The highest BCUT2D eigenvalue weighted by atomic mass is 32.1. The van der Waals surface area contributed by atoms with Gasteiger partial charge in [0, 0.05) is 35.6 Å².